The number of esters is 3. The van der Waals surface area contributed by atoms with Gasteiger partial charge in [-0.05, 0) is 86.1 Å². The van der Waals surface area contributed by atoms with E-state index in [0.717, 1.165) is 39.6 Å². The molecule has 59 heavy (non-hydrogen) atoms. The van der Waals surface area contributed by atoms with Crippen LogP contribution in [0.1, 0.15) is 114 Å². The molecule has 3 amide bonds. The van der Waals surface area contributed by atoms with E-state index in [1.165, 1.54) is 18.2 Å². The maximum absolute atomic E-state index is 13.6. The van der Waals surface area contributed by atoms with Gasteiger partial charge in [0, 0.05) is 14.6 Å². The fourth-order valence-corrected chi connectivity index (χ4v) is 8.12. The number of ether oxygens (including phenoxy) is 4. The van der Waals surface area contributed by atoms with Gasteiger partial charge in [0.15, 0.2) is 0 Å². The lowest BCUT2D eigenvalue weighted by atomic mass is 10.2. The van der Waals surface area contributed by atoms with E-state index in [1.807, 2.05) is 6.07 Å². The predicted molar refractivity (Wildman–Crippen MR) is 225 cm³/mol. The molecular formula is C41H47N3O12S3. The van der Waals surface area contributed by atoms with Gasteiger partial charge in [-0.25, -0.2) is 19.2 Å². The highest BCUT2D eigenvalue weighted by Crippen LogP contribution is 2.35. The van der Waals surface area contributed by atoms with Crippen molar-refractivity contribution >= 4 is 90.8 Å². The van der Waals surface area contributed by atoms with Crippen molar-refractivity contribution in [3.63, 3.8) is 0 Å². The first-order valence-electron chi connectivity index (χ1n) is 18.2. The average Bonchev–Trinajstić information content (AvgIpc) is 3.78. The molecule has 18 heteroatoms. The number of nitrogens with one attached hydrogen (secondary N) is 3. The summed E-state index contributed by atoms with van der Waals surface area (Å²) in [4.78, 5) is 91.6. The van der Waals surface area contributed by atoms with Gasteiger partial charge in [-0.1, -0.05) is 30.3 Å². The molecule has 4 aromatic rings. The van der Waals surface area contributed by atoms with Gasteiger partial charge >= 0.3 is 30.0 Å². The first-order chi connectivity index (χ1) is 27.3. The summed E-state index contributed by atoms with van der Waals surface area (Å²) in [7, 11) is 0. The summed E-state index contributed by atoms with van der Waals surface area (Å²) >= 11 is 2.84. The Morgan fingerprint density at radius 2 is 0.898 bits per heavy atom. The largest absolute Gasteiger partial charge is 0.481 e. The zero-order chi connectivity index (χ0) is 43.9. The lowest BCUT2D eigenvalue weighted by Crippen LogP contribution is -2.25. The Kier molecular flexibility index (Phi) is 14.8. The number of benzene rings is 1. The minimum Gasteiger partial charge on any atom is -0.481 e. The molecule has 0 spiro atoms. The molecule has 0 fully saturated rings. The van der Waals surface area contributed by atoms with Crippen LogP contribution in [0, 0.1) is 0 Å². The second-order valence-electron chi connectivity index (χ2n) is 16.1. The molecule has 316 valence electrons. The molecule has 4 N–H and O–H groups in total. The number of amides is 3. The molecule has 3 heterocycles. The molecule has 0 saturated carbocycles. The van der Waals surface area contributed by atoms with Crippen LogP contribution >= 0.6 is 34.0 Å². The molecule has 0 saturated heterocycles. The zero-order valence-corrected chi connectivity index (χ0v) is 36.6. The van der Waals surface area contributed by atoms with E-state index in [-0.39, 0.29) is 57.6 Å². The van der Waals surface area contributed by atoms with E-state index < -0.39 is 58.6 Å². The van der Waals surface area contributed by atoms with Crippen molar-refractivity contribution in [2.75, 3.05) is 16.0 Å². The van der Waals surface area contributed by atoms with Crippen LogP contribution in [-0.2, 0) is 59.2 Å². The number of thiophene rings is 3. The number of anilines is 3. The van der Waals surface area contributed by atoms with Gasteiger partial charge < -0.3 is 34.7 Å². The third-order valence-corrected chi connectivity index (χ3v) is 10.3. The summed E-state index contributed by atoms with van der Waals surface area (Å²) in [6, 6.07) is 13.2. The van der Waals surface area contributed by atoms with Crippen LogP contribution in [0.25, 0.3) is 0 Å². The highest BCUT2D eigenvalue weighted by molar-refractivity contribution is 7.17. The van der Waals surface area contributed by atoms with Gasteiger partial charge in [0.1, 0.15) is 38.4 Å². The van der Waals surface area contributed by atoms with E-state index in [9.17, 15) is 38.7 Å². The monoisotopic (exact) mass is 869 g/mol. The number of rotatable bonds is 14. The fourth-order valence-electron chi connectivity index (χ4n) is 4.98. The number of carboxylic acid groups (broad SMARTS) is 1. The van der Waals surface area contributed by atoms with Gasteiger partial charge in [-0.3, -0.25) is 19.7 Å². The Morgan fingerprint density at radius 1 is 0.542 bits per heavy atom. The molecule has 0 bridgehead atoms. The van der Waals surface area contributed by atoms with Gasteiger partial charge in [-0.2, -0.15) is 0 Å². The topological polar surface area (TPSA) is 213 Å². The second kappa shape index (κ2) is 19.0. The van der Waals surface area contributed by atoms with Crippen molar-refractivity contribution < 1.29 is 57.6 Å². The van der Waals surface area contributed by atoms with Crippen molar-refractivity contribution in [1.29, 1.82) is 0 Å². The third-order valence-electron chi connectivity index (χ3n) is 7.13. The summed E-state index contributed by atoms with van der Waals surface area (Å²) in [5.41, 5.74) is -1.87. The Hall–Kier alpha value is -5.59. The molecule has 0 unspecified atom stereocenters. The van der Waals surface area contributed by atoms with Crippen LogP contribution in [-0.4, -0.2) is 63.7 Å². The van der Waals surface area contributed by atoms with Crippen LogP contribution in [0.15, 0.2) is 48.5 Å². The lowest BCUT2D eigenvalue weighted by Gasteiger charge is -2.19. The first kappa shape index (κ1) is 46.1. The maximum atomic E-state index is 13.6. The molecule has 1 aromatic carbocycles. The van der Waals surface area contributed by atoms with Gasteiger partial charge in [0.05, 0.1) is 36.0 Å². The molecule has 0 aliphatic carbocycles. The predicted octanol–water partition coefficient (Wildman–Crippen LogP) is 8.48. The number of carboxylic acids is 1. The van der Waals surface area contributed by atoms with Crippen molar-refractivity contribution in [3.05, 3.63) is 85.4 Å². The van der Waals surface area contributed by atoms with Gasteiger partial charge in [0.25, 0.3) is 0 Å². The SMILES string of the molecule is CC(C)(C)OC(=O)c1cc(CC(=O)O)sc1NC(=O)Cc1cc(C(=O)OC(C)(C)C)c(NC(=O)Cc2cc(C(=O)OC(C)(C)C)c(NC(=O)OCc3ccccc3)s2)s1. The summed E-state index contributed by atoms with van der Waals surface area (Å²) < 4.78 is 21.9. The molecule has 0 aliphatic heterocycles. The number of carbonyl (C=O) groups excluding carboxylic acids is 6. The van der Waals surface area contributed by atoms with E-state index in [0.29, 0.717) is 14.6 Å². The Morgan fingerprint density at radius 3 is 1.25 bits per heavy atom. The summed E-state index contributed by atoms with van der Waals surface area (Å²) in [5.74, 6) is -4.54. The first-order valence-corrected chi connectivity index (χ1v) is 20.7. The number of aliphatic carboxylic acids is 1. The Bertz CT molecular complexity index is 2220. The molecular weight excluding hydrogens is 823 g/mol. The van der Waals surface area contributed by atoms with Crippen LogP contribution < -0.4 is 16.0 Å². The van der Waals surface area contributed by atoms with Crippen LogP contribution in [0.2, 0.25) is 0 Å². The fraction of sp³-hybridized carbons (Fsp3) is 0.390. The molecule has 3 aromatic heterocycles. The minimum atomic E-state index is -1.12. The van der Waals surface area contributed by atoms with Crippen LogP contribution in [0.5, 0.6) is 0 Å². The van der Waals surface area contributed by atoms with E-state index in [4.69, 9.17) is 18.9 Å². The van der Waals surface area contributed by atoms with Crippen molar-refractivity contribution in [2.45, 2.75) is 105 Å². The standard InChI is InChI=1S/C41H47N3O12S3/c1-39(2,3)54-35(49)26-15-23(18-29(45)43-33-27(36(50)55-40(4,5)6)17-25(59-33)20-31(47)48)57-32(26)42-30(46)19-24-16-28(37(51)56-41(7,8)9)34(58-24)44-38(52)53-21-22-13-11-10-12-14-22/h10-17H,18-21H2,1-9H3,(H,42,46)(H,43,45)(H,44,52)(H,47,48). The Balaban J connectivity index is 1.56. The van der Waals surface area contributed by atoms with Gasteiger partial charge in [0.2, 0.25) is 11.8 Å². The van der Waals surface area contributed by atoms with Crippen molar-refractivity contribution in [3.8, 4) is 0 Å². The minimum absolute atomic E-state index is 0.00561. The zero-order valence-electron chi connectivity index (χ0n) is 34.1. The summed E-state index contributed by atoms with van der Waals surface area (Å²) in [5, 5.41) is 17.6. The Labute approximate surface area is 353 Å². The number of carbonyl (C=O) groups is 7. The van der Waals surface area contributed by atoms with Crippen LogP contribution in [0.4, 0.5) is 19.8 Å². The van der Waals surface area contributed by atoms with Crippen LogP contribution in [0.3, 0.4) is 0 Å². The summed E-state index contributed by atoms with van der Waals surface area (Å²) in [6.45, 7) is 15.1. The number of hydrogen-bond donors (Lipinski definition) is 4. The molecule has 15 nitrogen and oxygen atoms in total. The van der Waals surface area contributed by atoms with E-state index >= 15 is 0 Å². The third kappa shape index (κ3) is 14.9. The van der Waals surface area contributed by atoms with E-state index in [1.54, 1.807) is 86.6 Å². The average molecular weight is 870 g/mol. The molecule has 0 aliphatic rings. The molecule has 0 atom stereocenters. The molecule has 4 rings (SSSR count). The second-order valence-corrected chi connectivity index (χ2v) is 19.5. The quantitative estimate of drug-likeness (QED) is 0.0694. The number of hydrogen-bond acceptors (Lipinski definition) is 14. The van der Waals surface area contributed by atoms with Crippen molar-refractivity contribution in [1.82, 2.24) is 0 Å². The van der Waals surface area contributed by atoms with Gasteiger partial charge in [-0.15, -0.1) is 34.0 Å². The maximum Gasteiger partial charge on any atom is 0.412 e. The summed E-state index contributed by atoms with van der Waals surface area (Å²) in [6.07, 6.45) is -1.78. The van der Waals surface area contributed by atoms with Crippen molar-refractivity contribution in [2.24, 2.45) is 0 Å². The highest BCUT2D eigenvalue weighted by Gasteiger charge is 2.29. The smallest absolute Gasteiger partial charge is 0.412 e. The normalized spacial score (nSPS) is 11.6. The molecule has 0 radical (unpaired) electrons. The lowest BCUT2D eigenvalue weighted by molar-refractivity contribution is -0.136. The van der Waals surface area contributed by atoms with E-state index in [2.05, 4.69) is 16.0 Å². The highest BCUT2D eigenvalue weighted by atomic mass is 32.1.